The van der Waals surface area contributed by atoms with Crippen LogP contribution >= 0.6 is 28.1 Å². The molecule has 0 aliphatic carbocycles. The summed E-state index contributed by atoms with van der Waals surface area (Å²) in [4.78, 5) is 0. The predicted molar refractivity (Wildman–Crippen MR) is 95.0 cm³/mol. The van der Waals surface area contributed by atoms with E-state index in [1.807, 2.05) is 19.1 Å². The minimum absolute atomic E-state index is 0.105. The lowest BCUT2D eigenvalue weighted by Gasteiger charge is -2.14. The fraction of sp³-hybridized carbons (Fsp3) is 0.429. The average Bonchev–Trinajstić information content (AvgIpc) is 2.48. The van der Waals surface area contributed by atoms with E-state index in [1.54, 1.807) is 27.5 Å². The SMILES string of the molecule is COC[C@@H](C)NC(=S)N/N=C\c1cc(OC)c(OC)cc1Br. The lowest BCUT2D eigenvalue weighted by atomic mass is 10.2. The van der Waals surface area contributed by atoms with Gasteiger partial charge in [0.1, 0.15) is 0 Å². The van der Waals surface area contributed by atoms with Gasteiger partial charge in [-0.05, 0) is 47.2 Å². The Kier molecular flexibility index (Phi) is 8.15. The van der Waals surface area contributed by atoms with E-state index >= 15 is 0 Å². The molecule has 8 heteroatoms. The summed E-state index contributed by atoms with van der Waals surface area (Å²) in [6, 6.07) is 3.74. The molecule has 0 saturated carbocycles. The molecule has 122 valence electrons. The van der Waals surface area contributed by atoms with Gasteiger partial charge < -0.3 is 19.5 Å². The van der Waals surface area contributed by atoms with Gasteiger partial charge in [0.2, 0.25) is 0 Å². The molecule has 0 unspecified atom stereocenters. The van der Waals surface area contributed by atoms with Gasteiger partial charge in [0.25, 0.3) is 0 Å². The van der Waals surface area contributed by atoms with Gasteiger partial charge >= 0.3 is 0 Å². The van der Waals surface area contributed by atoms with Gasteiger partial charge in [-0.1, -0.05) is 0 Å². The smallest absolute Gasteiger partial charge is 0.187 e. The van der Waals surface area contributed by atoms with Crippen molar-refractivity contribution in [1.82, 2.24) is 10.7 Å². The van der Waals surface area contributed by atoms with Crippen LogP contribution in [0.15, 0.2) is 21.7 Å². The van der Waals surface area contributed by atoms with Crippen LogP contribution in [-0.2, 0) is 4.74 Å². The summed E-state index contributed by atoms with van der Waals surface area (Å²) in [6.07, 6.45) is 1.64. The highest BCUT2D eigenvalue weighted by Crippen LogP contribution is 2.32. The molecule has 1 aromatic carbocycles. The highest BCUT2D eigenvalue weighted by Gasteiger charge is 2.08. The fourth-order valence-electron chi connectivity index (χ4n) is 1.68. The van der Waals surface area contributed by atoms with Crippen molar-refractivity contribution in [2.45, 2.75) is 13.0 Å². The Labute approximate surface area is 144 Å². The molecule has 1 rings (SSSR count). The predicted octanol–water partition coefficient (Wildman–Crippen LogP) is 2.30. The second-order valence-corrected chi connectivity index (χ2v) is 5.69. The van der Waals surface area contributed by atoms with E-state index in [1.165, 1.54) is 0 Å². The second-order valence-electron chi connectivity index (χ2n) is 4.43. The molecule has 0 fully saturated rings. The van der Waals surface area contributed by atoms with Crippen LogP contribution in [0.2, 0.25) is 0 Å². The first-order chi connectivity index (χ1) is 10.5. The molecule has 0 saturated heterocycles. The zero-order valence-electron chi connectivity index (χ0n) is 13.0. The van der Waals surface area contributed by atoms with E-state index in [2.05, 4.69) is 31.8 Å². The quantitative estimate of drug-likeness (QED) is 0.423. The molecule has 0 aliphatic rings. The maximum atomic E-state index is 5.26. The highest BCUT2D eigenvalue weighted by molar-refractivity contribution is 9.10. The molecule has 2 N–H and O–H groups in total. The Hall–Kier alpha value is -1.38. The van der Waals surface area contributed by atoms with Crippen molar-refractivity contribution in [3.05, 3.63) is 22.2 Å². The number of rotatable bonds is 7. The van der Waals surface area contributed by atoms with Crippen LogP contribution in [0.4, 0.5) is 0 Å². The average molecular weight is 390 g/mol. The highest BCUT2D eigenvalue weighted by atomic mass is 79.9. The van der Waals surface area contributed by atoms with Crippen molar-refractivity contribution in [1.29, 1.82) is 0 Å². The van der Waals surface area contributed by atoms with Crippen LogP contribution in [0, 0.1) is 0 Å². The van der Waals surface area contributed by atoms with Crippen LogP contribution in [0.1, 0.15) is 12.5 Å². The number of nitrogens with one attached hydrogen (secondary N) is 2. The first-order valence-corrected chi connectivity index (χ1v) is 7.72. The van der Waals surface area contributed by atoms with Crippen molar-refractivity contribution >= 4 is 39.5 Å². The maximum absolute atomic E-state index is 5.26. The Morgan fingerprint density at radius 1 is 1.32 bits per heavy atom. The zero-order chi connectivity index (χ0) is 16.5. The number of ether oxygens (including phenoxy) is 3. The number of methoxy groups -OCH3 is 3. The van der Waals surface area contributed by atoms with E-state index in [0.29, 0.717) is 23.2 Å². The molecule has 0 aromatic heterocycles. The summed E-state index contributed by atoms with van der Waals surface area (Å²) in [5.74, 6) is 1.27. The first-order valence-electron chi connectivity index (χ1n) is 6.51. The van der Waals surface area contributed by atoms with Gasteiger partial charge in [-0.2, -0.15) is 5.10 Å². The molecule has 22 heavy (non-hydrogen) atoms. The number of thiocarbonyl (C=S) groups is 1. The summed E-state index contributed by atoms with van der Waals surface area (Å²) < 4.78 is 16.3. The van der Waals surface area contributed by atoms with Gasteiger partial charge in [0.05, 0.1) is 27.0 Å². The molecule has 0 radical (unpaired) electrons. The number of nitrogens with zero attached hydrogens (tertiary/aromatic N) is 1. The molecule has 0 heterocycles. The standard InChI is InChI=1S/C14H20BrN3O3S/c1-9(8-19-2)17-14(22)18-16-7-10-5-12(20-3)13(21-4)6-11(10)15/h5-7,9H,8H2,1-4H3,(H2,17,18,22)/b16-7-/t9-/m1/s1. The number of hydrazone groups is 1. The van der Waals surface area contributed by atoms with E-state index in [9.17, 15) is 0 Å². The summed E-state index contributed by atoms with van der Waals surface area (Å²) >= 11 is 8.59. The lowest BCUT2D eigenvalue weighted by molar-refractivity contribution is 0.179. The molecule has 0 spiro atoms. The minimum Gasteiger partial charge on any atom is -0.493 e. The van der Waals surface area contributed by atoms with Crippen molar-refractivity contribution in [3.8, 4) is 11.5 Å². The first kappa shape index (κ1) is 18.7. The van der Waals surface area contributed by atoms with E-state index in [-0.39, 0.29) is 6.04 Å². The van der Waals surface area contributed by atoms with Gasteiger partial charge in [0.15, 0.2) is 16.6 Å². The lowest BCUT2D eigenvalue weighted by Crippen LogP contribution is -2.40. The normalized spacial score (nSPS) is 12.0. The van der Waals surface area contributed by atoms with Crippen LogP contribution in [0.5, 0.6) is 11.5 Å². The number of hydrogen-bond donors (Lipinski definition) is 2. The third-order valence-corrected chi connectivity index (χ3v) is 3.56. The third-order valence-electron chi connectivity index (χ3n) is 2.67. The number of halogens is 1. The van der Waals surface area contributed by atoms with Crippen LogP contribution in [0.3, 0.4) is 0 Å². The molecular formula is C14H20BrN3O3S. The van der Waals surface area contributed by atoms with E-state index in [4.69, 9.17) is 26.4 Å². The summed E-state index contributed by atoms with van der Waals surface area (Å²) in [6.45, 7) is 2.53. The number of hydrogen-bond acceptors (Lipinski definition) is 5. The van der Waals surface area contributed by atoms with Crippen molar-refractivity contribution < 1.29 is 14.2 Å². The Balaban J connectivity index is 2.68. The number of benzene rings is 1. The summed E-state index contributed by atoms with van der Waals surface area (Å²) in [5, 5.41) is 7.58. The monoisotopic (exact) mass is 389 g/mol. The minimum atomic E-state index is 0.105. The van der Waals surface area contributed by atoms with Gasteiger partial charge in [-0.25, -0.2) is 0 Å². The van der Waals surface area contributed by atoms with E-state index in [0.717, 1.165) is 10.0 Å². The van der Waals surface area contributed by atoms with Crippen molar-refractivity contribution in [2.75, 3.05) is 27.9 Å². The third kappa shape index (κ3) is 5.78. The Morgan fingerprint density at radius 3 is 2.55 bits per heavy atom. The molecule has 0 aliphatic heterocycles. The molecular weight excluding hydrogens is 370 g/mol. The van der Waals surface area contributed by atoms with Gasteiger partial charge in [-0.3, -0.25) is 5.43 Å². The summed E-state index contributed by atoms with van der Waals surface area (Å²) in [5.41, 5.74) is 3.59. The maximum Gasteiger partial charge on any atom is 0.187 e. The van der Waals surface area contributed by atoms with Crippen LogP contribution in [-0.4, -0.2) is 45.3 Å². The topological polar surface area (TPSA) is 64.1 Å². The van der Waals surface area contributed by atoms with Gasteiger partial charge in [-0.15, -0.1) is 0 Å². The Bertz CT molecular complexity index is 540. The van der Waals surface area contributed by atoms with Gasteiger partial charge in [0, 0.05) is 23.2 Å². The molecule has 1 aromatic rings. The molecule has 0 bridgehead atoms. The second kappa shape index (κ2) is 9.60. The largest absolute Gasteiger partial charge is 0.493 e. The van der Waals surface area contributed by atoms with Crippen LogP contribution in [0.25, 0.3) is 0 Å². The molecule has 0 amide bonds. The fourth-order valence-corrected chi connectivity index (χ4v) is 2.36. The summed E-state index contributed by atoms with van der Waals surface area (Å²) in [7, 11) is 4.81. The molecule has 6 nitrogen and oxygen atoms in total. The van der Waals surface area contributed by atoms with Crippen molar-refractivity contribution in [2.24, 2.45) is 5.10 Å². The van der Waals surface area contributed by atoms with E-state index < -0.39 is 0 Å². The van der Waals surface area contributed by atoms with Crippen LogP contribution < -0.4 is 20.2 Å². The Morgan fingerprint density at radius 2 is 1.95 bits per heavy atom. The van der Waals surface area contributed by atoms with Crippen molar-refractivity contribution in [3.63, 3.8) is 0 Å². The zero-order valence-corrected chi connectivity index (χ0v) is 15.4. The molecule has 1 atom stereocenters.